The van der Waals surface area contributed by atoms with Gasteiger partial charge in [0.05, 0.1) is 32.4 Å². The second kappa shape index (κ2) is 10.3. The van der Waals surface area contributed by atoms with Crippen LogP contribution in [-0.4, -0.2) is 99.1 Å². The standard InChI is InChI=1S/C29H28N2O12/c1-39-14-5-3-13(4-6-14)18-9-17(32)21-19(41-18)10-20(23(40-2)22(21)33)42-27-28(37)8-7-15(16-11-30-12-31-16)29(38,26(28)36)24(43-27)25(34)35/h3-10,12,15,18,24,26-27,32-33,36-38H,11H2,1-2H3,(H,34,35)/t15-,18?,24-,26+,27-,28-,29-/m1/s1. The summed E-state index contributed by atoms with van der Waals surface area (Å²) in [5, 5.41) is 66.3. The zero-order valence-electron chi connectivity index (χ0n) is 22.8. The maximum atomic E-state index is 12.3. The number of hydrogen-bond acceptors (Lipinski definition) is 13. The highest BCUT2D eigenvalue weighted by Crippen LogP contribution is 2.52. The van der Waals surface area contributed by atoms with Gasteiger partial charge < -0.3 is 54.3 Å². The number of rotatable bonds is 7. The van der Waals surface area contributed by atoms with Crippen molar-refractivity contribution in [1.82, 2.24) is 0 Å². The van der Waals surface area contributed by atoms with Crippen molar-refractivity contribution in [3.05, 3.63) is 59.7 Å². The van der Waals surface area contributed by atoms with Crippen LogP contribution in [0.2, 0.25) is 0 Å². The molecule has 1 aliphatic carbocycles. The molecule has 14 nitrogen and oxygen atoms in total. The molecule has 3 heterocycles. The van der Waals surface area contributed by atoms with E-state index in [1.807, 2.05) is 0 Å². The van der Waals surface area contributed by atoms with E-state index in [2.05, 4.69) is 9.98 Å². The van der Waals surface area contributed by atoms with E-state index in [-0.39, 0.29) is 40.8 Å². The number of aliphatic hydroxyl groups is 4. The number of ether oxygens (including phenoxy) is 5. The summed E-state index contributed by atoms with van der Waals surface area (Å²) in [6, 6.07) is 8.12. The molecule has 2 bridgehead atoms. The molecule has 4 aliphatic rings. The van der Waals surface area contributed by atoms with Gasteiger partial charge in [-0.2, -0.15) is 0 Å². The van der Waals surface area contributed by atoms with E-state index in [1.165, 1.54) is 38.8 Å². The molecule has 1 unspecified atom stereocenters. The van der Waals surface area contributed by atoms with Crippen molar-refractivity contribution < 1.29 is 59.1 Å². The highest BCUT2D eigenvalue weighted by Gasteiger charge is 2.69. The van der Waals surface area contributed by atoms with Crippen molar-refractivity contribution in [2.24, 2.45) is 15.9 Å². The first-order chi connectivity index (χ1) is 20.5. The maximum Gasteiger partial charge on any atom is 0.336 e. The average Bonchev–Trinajstić information content (AvgIpc) is 3.51. The van der Waals surface area contributed by atoms with Crippen molar-refractivity contribution in [2.45, 2.75) is 35.8 Å². The summed E-state index contributed by atoms with van der Waals surface area (Å²) in [7, 11) is 2.73. The number of carboxylic acids is 1. The third kappa shape index (κ3) is 4.29. The zero-order chi connectivity index (χ0) is 30.7. The first-order valence-electron chi connectivity index (χ1n) is 13.1. The van der Waals surface area contributed by atoms with Gasteiger partial charge in [0.1, 0.15) is 47.0 Å². The zero-order valence-corrected chi connectivity index (χ0v) is 22.8. The predicted octanol–water partition coefficient (Wildman–Crippen LogP) is 1.12. The number of aliphatic carboxylic acids is 1. The van der Waals surface area contributed by atoms with Crippen molar-refractivity contribution in [1.29, 1.82) is 0 Å². The van der Waals surface area contributed by atoms with Crippen LogP contribution in [0.25, 0.3) is 5.76 Å². The Hall–Kier alpha value is -4.63. The van der Waals surface area contributed by atoms with E-state index in [4.69, 9.17) is 23.7 Å². The average molecular weight is 597 g/mol. The highest BCUT2D eigenvalue weighted by atomic mass is 16.7. The lowest BCUT2D eigenvalue weighted by Gasteiger charge is -2.55. The normalized spacial score (nSPS) is 32.3. The fraction of sp³-hybridized carbons (Fsp3) is 0.345. The number of fused-ring (bicyclic) bond motifs is 3. The van der Waals surface area contributed by atoms with Crippen LogP contribution >= 0.6 is 0 Å². The Morgan fingerprint density at radius 3 is 2.49 bits per heavy atom. The minimum absolute atomic E-state index is 0.0396. The number of nitrogens with zero attached hydrogens (tertiary/aromatic N) is 2. The molecule has 3 aliphatic heterocycles. The molecule has 0 saturated carbocycles. The van der Waals surface area contributed by atoms with E-state index in [0.717, 1.165) is 6.08 Å². The number of benzene rings is 2. The molecule has 1 fully saturated rings. The monoisotopic (exact) mass is 596 g/mol. The summed E-state index contributed by atoms with van der Waals surface area (Å²) in [5.74, 6) is -3.71. The molecule has 0 radical (unpaired) electrons. The second-order valence-electron chi connectivity index (χ2n) is 10.4. The van der Waals surface area contributed by atoms with E-state index in [1.54, 1.807) is 24.3 Å². The predicted molar refractivity (Wildman–Crippen MR) is 148 cm³/mol. The molecule has 0 aromatic heterocycles. The molecule has 1 saturated heterocycles. The lowest BCUT2D eigenvalue weighted by Crippen LogP contribution is -2.78. The van der Waals surface area contributed by atoms with Crippen LogP contribution in [0.5, 0.6) is 28.7 Å². The van der Waals surface area contributed by atoms with Gasteiger partial charge in [-0.25, -0.2) is 9.79 Å². The Morgan fingerprint density at radius 2 is 1.86 bits per heavy atom. The van der Waals surface area contributed by atoms with Crippen LogP contribution in [0.3, 0.4) is 0 Å². The maximum absolute atomic E-state index is 12.3. The molecule has 6 N–H and O–H groups in total. The Balaban J connectivity index is 1.38. The lowest BCUT2D eigenvalue weighted by molar-refractivity contribution is -0.337. The third-order valence-electron chi connectivity index (χ3n) is 8.01. The molecule has 43 heavy (non-hydrogen) atoms. The first-order valence-corrected chi connectivity index (χ1v) is 13.1. The molecule has 7 atom stereocenters. The van der Waals surface area contributed by atoms with Gasteiger partial charge in [-0.1, -0.05) is 18.2 Å². The van der Waals surface area contributed by atoms with Gasteiger partial charge >= 0.3 is 5.97 Å². The molecule has 14 heteroatoms. The second-order valence-corrected chi connectivity index (χ2v) is 10.4. The Morgan fingerprint density at radius 1 is 1.12 bits per heavy atom. The van der Waals surface area contributed by atoms with E-state index >= 15 is 0 Å². The van der Waals surface area contributed by atoms with E-state index in [0.29, 0.717) is 11.3 Å². The summed E-state index contributed by atoms with van der Waals surface area (Å²) < 4.78 is 28.0. The number of carbonyl (C=O) groups is 1. The van der Waals surface area contributed by atoms with Crippen LogP contribution in [0.15, 0.2) is 58.5 Å². The quantitative estimate of drug-likeness (QED) is 0.249. The molecule has 2 aromatic carbocycles. The number of phenolic OH excluding ortho intramolecular Hbond substituents is 1. The minimum atomic E-state index is -2.55. The van der Waals surface area contributed by atoms with Gasteiger partial charge in [0.15, 0.2) is 23.2 Å². The van der Waals surface area contributed by atoms with Crippen LogP contribution < -0.4 is 18.9 Å². The molecular formula is C29H28N2O12. The summed E-state index contributed by atoms with van der Waals surface area (Å²) in [5.41, 5.74) is -4.20. The SMILES string of the molecule is COc1ccc(C2C=C(O)c3c(cc(O[C@@H]4O[C@H](C(=O)O)[C@]5(O)[C@@H](C6=NC=NC6)C=C[C@@]4(O)[C@@H]5O)c(OC)c3O)O2)cc1. The van der Waals surface area contributed by atoms with Crippen LogP contribution in [0.4, 0.5) is 0 Å². The van der Waals surface area contributed by atoms with E-state index in [9.17, 15) is 35.4 Å². The van der Waals surface area contributed by atoms with Crippen molar-refractivity contribution in [2.75, 3.05) is 20.8 Å². The van der Waals surface area contributed by atoms with Gasteiger partial charge in [-0.15, -0.1) is 0 Å². The van der Waals surface area contributed by atoms with Gasteiger partial charge in [-0.05, 0) is 23.8 Å². The summed E-state index contributed by atoms with van der Waals surface area (Å²) >= 11 is 0. The minimum Gasteiger partial charge on any atom is -0.507 e. The van der Waals surface area contributed by atoms with E-state index < -0.39 is 53.4 Å². The molecule has 2 aromatic rings. The van der Waals surface area contributed by atoms with Gasteiger partial charge in [0.2, 0.25) is 12.0 Å². The van der Waals surface area contributed by atoms with Gasteiger partial charge in [-0.3, -0.25) is 4.99 Å². The van der Waals surface area contributed by atoms with Crippen LogP contribution in [0, 0.1) is 5.92 Å². The fourth-order valence-corrected chi connectivity index (χ4v) is 5.82. The number of aromatic hydroxyl groups is 1. The Labute approximate surface area is 244 Å². The molecule has 0 spiro atoms. The number of hydrogen-bond donors (Lipinski definition) is 6. The Bertz CT molecular complexity index is 1580. The summed E-state index contributed by atoms with van der Waals surface area (Å²) in [6.45, 7) is 0.0547. The number of phenols is 1. The number of aliphatic hydroxyl groups excluding tert-OH is 2. The lowest BCUT2D eigenvalue weighted by atomic mass is 9.64. The molecule has 6 rings (SSSR count). The van der Waals surface area contributed by atoms with Crippen LogP contribution in [0.1, 0.15) is 17.2 Å². The smallest absolute Gasteiger partial charge is 0.336 e. The van der Waals surface area contributed by atoms with Gasteiger partial charge in [0.25, 0.3) is 0 Å². The Kier molecular flexibility index (Phi) is 6.81. The molecule has 0 amide bonds. The fourth-order valence-electron chi connectivity index (χ4n) is 5.82. The largest absolute Gasteiger partial charge is 0.507 e. The first kappa shape index (κ1) is 28.5. The van der Waals surface area contributed by atoms with Crippen molar-refractivity contribution >= 4 is 23.8 Å². The van der Waals surface area contributed by atoms with Crippen LogP contribution in [-0.2, 0) is 9.53 Å². The van der Waals surface area contributed by atoms with Crippen molar-refractivity contribution in [3.8, 4) is 28.7 Å². The third-order valence-corrected chi connectivity index (χ3v) is 8.01. The summed E-state index contributed by atoms with van der Waals surface area (Å²) in [6.07, 6.45) is -1.85. The number of aliphatic imine (C=N–C) groups is 2. The number of carboxylic acid groups (broad SMARTS) is 1. The molecular weight excluding hydrogens is 568 g/mol. The summed E-state index contributed by atoms with van der Waals surface area (Å²) in [4.78, 5) is 20.3. The topological polar surface area (TPSA) is 209 Å². The highest BCUT2D eigenvalue weighted by molar-refractivity contribution is 6.00. The number of methoxy groups -OCH3 is 2. The molecule has 226 valence electrons. The van der Waals surface area contributed by atoms with Crippen molar-refractivity contribution in [3.63, 3.8) is 0 Å². The van der Waals surface area contributed by atoms with Gasteiger partial charge in [0, 0.05) is 12.1 Å².